The number of carbonyl (C=O) groups excluding carboxylic acids is 1. The molecule has 0 amide bonds. The van der Waals surface area contributed by atoms with E-state index in [-0.39, 0.29) is 12.4 Å². The van der Waals surface area contributed by atoms with E-state index in [2.05, 4.69) is 4.98 Å². The van der Waals surface area contributed by atoms with Crippen molar-refractivity contribution in [3.63, 3.8) is 0 Å². The van der Waals surface area contributed by atoms with Crippen molar-refractivity contribution in [1.29, 1.82) is 0 Å². The fourth-order valence-corrected chi connectivity index (χ4v) is 2.63. The maximum atomic E-state index is 11.9. The molecule has 0 unspecified atom stereocenters. The van der Waals surface area contributed by atoms with Crippen molar-refractivity contribution in [1.82, 2.24) is 4.98 Å². The third kappa shape index (κ3) is 4.06. The van der Waals surface area contributed by atoms with Gasteiger partial charge in [-0.25, -0.2) is 4.98 Å². The molecule has 0 saturated heterocycles. The molecule has 0 spiro atoms. The first-order valence-corrected chi connectivity index (χ1v) is 8.54. The van der Waals surface area contributed by atoms with Gasteiger partial charge in [-0.3, -0.25) is 4.79 Å². The minimum atomic E-state index is -0.361. The van der Waals surface area contributed by atoms with Gasteiger partial charge in [0.05, 0.1) is 13.7 Å². The van der Waals surface area contributed by atoms with Crippen molar-refractivity contribution in [2.24, 2.45) is 0 Å². The Morgan fingerprint density at radius 1 is 1.08 bits per heavy atom. The number of nitrogens with zero attached hydrogens (tertiary/aromatic N) is 1. The number of carbonyl (C=O) groups is 1. The standard InChI is InChI=1S/C20H18ClNO4/c1-3-25-18(23)12-17-19(13-4-8-15(21)9-5-13)22-20(26-17)14-6-10-16(24-2)11-7-14/h4-11H,3,12H2,1-2H3. The second-order valence-corrected chi connectivity index (χ2v) is 5.94. The second kappa shape index (κ2) is 8.06. The summed E-state index contributed by atoms with van der Waals surface area (Å²) >= 11 is 5.96. The largest absolute Gasteiger partial charge is 0.497 e. The van der Waals surface area contributed by atoms with Gasteiger partial charge < -0.3 is 13.9 Å². The Hall–Kier alpha value is -2.79. The zero-order valence-electron chi connectivity index (χ0n) is 14.5. The maximum absolute atomic E-state index is 11.9. The average Bonchev–Trinajstić information content (AvgIpc) is 3.06. The number of methoxy groups -OCH3 is 1. The summed E-state index contributed by atoms with van der Waals surface area (Å²) in [5, 5.41) is 0.625. The van der Waals surface area contributed by atoms with Crippen molar-refractivity contribution in [2.45, 2.75) is 13.3 Å². The van der Waals surface area contributed by atoms with E-state index in [1.807, 2.05) is 36.4 Å². The quantitative estimate of drug-likeness (QED) is 0.584. The van der Waals surface area contributed by atoms with Gasteiger partial charge in [-0.15, -0.1) is 0 Å². The summed E-state index contributed by atoms with van der Waals surface area (Å²) in [6.07, 6.45) is 0.00888. The van der Waals surface area contributed by atoms with Crippen LogP contribution in [-0.2, 0) is 16.0 Å². The topological polar surface area (TPSA) is 61.6 Å². The van der Waals surface area contributed by atoms with E-state index >= 15 is 0 Å². The van der Waals surface area contributed by atoms with Crippen LogP contribution in [0, 0.1) is 0 Å². The van der Waals surface area contributed by atoms with Gasteiger partial charge in [-0.2, -0.15) is 0 Å². The highest BCUT2D eigenvalue weighted by atomic mass is 35.5. The lowest BCUT2D eigenvalue weighted by molar-refractivity contribution is -0.142. The van der Waals surface area contributed by atoms with Crippen LogP contribution < -0.4 is 4.74 Å². The van der Waals surface area contributed by atoms with Crippen molar-refractivity contribution in [2.75, 3.05) is 13.7 Å². The zero-order chi connectivity index (χ0) is 18.5. The van der Waals surface area contributed by atoms with Crippen LogP contribution in [0.2, 0.25) is 5.02 Å². The van der Waals surface area contributed by atoms with Gasteiger partial charge in [-0.05, 0) is 43.3 Å². The van der Waals surface area contributed by atoms with E-state index in [1.165, 1.54) is 0 Å². The Morgan fingerprint density at radius 2 is 1.73 bits per heavy atom. The van der Waals surface area contributed by atoms with Crippen LogP contribution in [0.4, 0.5) is 0 Å². The molecule has 0 N–H and O–H groups in total. The Bertz CT molecular complexity index is 885. The molecule has 0 bridgehead atoms. The minimum absolute atomic E-state index is 0.00888. The lowest BCUT2D eigenvalue weighted by atomic mass is 10.1. The lowest BCUT2D eigenvalue weighted by Gasteiger charge is -2.02. The van der Waals surface area contributed by atoms with Crippen molar-refractivity contribution < 1.29 is 18.7 Å². The van der Waals surface area contributed by atoms with Crippen LogP contribution in [0.3, 0.4) is 0 Å². The van der Waals surface area contributed by atoms with E-state index in [0.717, 1.165) is 16.9 Å². The van der Waals surface area contributed by atoms with Gasteiger partial charge in [0.15, 0.2) is 0 Å². The molecular weight excluding hydrogens is 354 g/mol. The van der Waals surface area contributed by atoms with Gasteiger partial charge in [-0.1, -0.05) is 23.7 Å². The molecular formula is C20H18ClNO4. The molecule has 3 aromatic rings. The Labute approximate surface area is 156 Å². The molecule has 0 aliphatic heterocycles. The monoisotopic (exact) mass is 371 g/mol. The first-order chi connectivity index (χ1) is 12.6. The lowest BCUT2D eigenvalue weighted by Crippen LogP contribution is -2.07. The molecule has 0 saturated carbocycles. The molecule has 0 aliphatic rings. The summed E-state index contributed by atoms with van der Waals surface area (Å²) in [5.41, 5.74) is 2.20. The molecule has 0 fully saturated rings. The van der Waals surface area contributed by atoms with Crippen LogP contribution in [0.1, 0.15) is 12.7 Å². The summed E-state index contributed by atoms with van der Waals surface area (Å²) in [7, 11) is 1.61. The number of esters is 1. The van der Waals surface area contributed by atoms with E-state index in [1.54, 1.807) is 26.2 Å². The number of aromatic nitrogens is 1. The molecule has 5 nitrogen and oxygen atoms in total. The van der Waals surface area contributed by atoms with E-state index < -0.39 is 0 Å². The predicted molar refractivity (Wildman–Crippen MR) is 99.3 cm³/mol. The molecule has 26 heavy (non-hydrogen) atoms. The number of oxazole rings is 1. The Kier molecular flexibility index (Phi) is 5.58. The van der Waals surface area contributed by atoms with Crippen LogP contribution in [0.5, 0.6) is 5.75 Å². The summed E-state index contributed by atoms with van der Waals surface area (Å²) in [6, 6.07) is 14.6. The molecule has 1 aromatic heterocycles. The fourth-order valence-electron chi connectivity index (χ4n) is 2.51. The molecule has 2 aromatic carbocycles. The normalized spacial score (nSPS) is 10.6. The fraction of sp³-hybridized carbons (Fsp3) is 0.200. The highest BCUT2D eigenvalue weighted by Crippen LogP contribution is 2.31. The summed E-state index contributed by atoms with van der Waals surface area (Å²) < 4.78 is 16.1. The SMILES string of the molecule is CCOC(=O)Cc1oc(-c2ccc(OC)cc2)nc1-c1ccc(Cl)cc1. The van der Waals surface area contributed by atoms with Crippen molar-refractivity contribution in [3.05, 3.63) is 59.3 Å². The highest BCUT2D eigenvalue weighted by molar-refractivity contribution is 6.30. The summed E-state index contributed by atoms with van der Waals surface area (Å²) in [6.45, 7) is 2.08. The van der Waals surface area contributed by atoms with Gasteiger partial charge in [0, 0.05) is 16.1 Å². The Morgan fingerprint density at radius 3 is 2.35 bits per heavy atom. The van der Waals surface area contributed by atoms with Gasteiger partial charge in [0.2, 0.25) is 5.89 Å². The van der Waals surface area contributed by atoms with E-state index in [0.29, 0.717) is 29.0 Å². The summed E-state index contributed by atoms with van der Waals surface area (Å²) in [4.78, 5) is 16.5. The van der Waals surface area contributed by atoms with Crippen LogP contribution in [-0.4, -0.2) is 24.7 Å². The number of ether oxygens (including phenoxy) is 2. The van der Waals surface area contributed by atoms with Gasteiger partial charge in [0.25, 0.3) is 0 Å². The Balaban J connectivity index is 2.00. The first kappa shape index (κ1) is 18.0. The molecule has 134 valence electrons. The first-order valence-electron chi connectivity index (χ1n) is 8.16. The van der Waals surface area contributed by atoms with E-state index in [4.69, 9.17) is 25.5 Å². The molecule has 0 atom stereocenters. The number of rotatable bonds is 6. The second-order valence-electron chi connectivity index (χ2n) is 5.51. The number of benzene rings is 2. The predicted octanol–water partition coefficient (Wildman–Crippen LogP) is 4.78. The van der Waals surface area contributed by atoms with Gasteiger partial charge >= 0.3 is 5.97 Å². The molecule has 0 aliphatic carbocycles. The number of halogens is 1. The number of hydrogen-bond donors (Lipinski definition) is 0. The van der Waals surface area contributed by atoms with E-state index in [9.17, 15) is 4.79 Å². The summed E-state index contributed by atoms with van der Waals surface area (Å²) in [5.74, 6) is 1.26. The number of hydrogen-bond acceptors (Lipinski definition) is 5. The third-order valence-corrected chi connectivity index (χ3v) is 4.01. The highest BCUT2D eigenvalue weighted by Gasteiger charge is 2.19. The van der Waals surface area contributed by atoms with Crippen LogP contribution in [0.25, 0.3) is 22.7 Å². The molecule has 0 radical (unpaired) electrons. The van der Waals surface area contributed by atoms with Crippen LogP contribution in [0.15, 0.2) is 52.9 Å². The zero-order valence-corrected chi connectivity index (χ0v) is 15.2. The maximum Gasteiger partial charge on any atom is 0.313 e. The minimum Gasteiger partial charge on any atom is -0.497 e. The molecule has 6 heteroatoms. The van der Waals surface area contributed by atoms with Crippen molar-refractivity contribution >= 4 is 17.6 Å². The smallest absolute Gasteiger partial charge is 0.313 e. The van der Waals surface area contributed by atoms with Gasteiger partial charge in [0.1, 0.15) is 23.6 Å². The van der Waals surface area contributed by atoms with Crippen LogP contribution >= 0.6 is 11.6 Å². The molecule has 1 heterocycles. The van der Waals surface area contributed by atoms with Crippen molar-refractivity contribution in [3.8, 4) is 28.5 Å². The molecule has 3 rings (SSSR count). The third-order valence-electron chi connectivity index (χ3n) is 3.76. The average molecular weight is 372 g/mol.